The minimum absolute atomic E-state index is 0.0171. The molecule has 0 bridgehead atoms. The van der Waals surface area contributed by atoms with Gasteiger partial charge in [-0.25, -0.2) is 0 Å². The average molecular weight is 378 g/mol. The average Bonchev–Trinajstić information content (AvgIpc) is 2.41. The molecular formula is C15H12BrClF2O2. The lowest BCUT2D eigenvalue weighted by Gasteiger charge is -2.14. The molecule has 0 aliphatic rings. The van der Waals surface area contributed by atoms with Crippen molar-refractivity contribution < 1.29 is 18.6 Å². The molecule has 0 fully saturated rings. The van der Waals surface area contributed by atoms with Crippen molar-refractivity contribution in [3.63, 3.8) is 0 Å². The molecule has 112 valence electrons. The van der Waals surface area contributed by atoms with Gasteiger partial charge in [-0.3, -0.25) is 0 Å². The molecule has 0 aliphatic carbocycles. The van der Waals surface area contributed by atoms with Gasteiger partial charge in [-0.15, -0.1) is 0 Å². The normalized spacial score (nSPS) is 12.5. The predicted octanol–water partition coefficient (Wildman–Crippen LogP) is 4.98. The van der Waals surface area contributed by atoms with Crippen LogP contribution in [0, 0.1) is 0 Å². The lowest BCUT2D eigenvalue weighted by molar-refractivity contribution is -0.0499. The molecule has 6 heteroatoms. The number of benzene rings is 2. The molecule has 1 N–H and O–H groups in total. The van der Waals surface area contributed by atoms with Gasteiger partial charge in [0.15, 0.2) is 0 Å². The first-order valence-electron chi connectivity index (χ1n) is 6.12. The van der Waals surface area contributed by atoms with E-state index in [0.717, 1.165) is 10.0 Å². The number of aliphatic hydroxyl groups excluding tert-OH is 1. The van der Waals surface area contributed by atoms with E-state index in [1.807, 2.05) is 6.07 Å². The molecule has 2 rings (SSSR count). The Balaban J connectivity index is 2.14. The minimum Gasteiger partial charge on any atom is -0.435 e. The Kier molecular flexibility index (Phi) is 5.56. The second-order valence-electron chi connectivity index (χ2n) is 4.41. The predicted molar refractivity (Wildman–Crippen MR) is 80.9 cm³/mol. The first-order valence-corrected chi connectivity index (χ1v) is 7.29. The number of alkyl halides is 2. The molecule has 0 saturated heterocycles. The zero-order chi connectivity index (χ0) is 15.4. The summed E-state index contributed by atoms with van der Waals surface area (Å²) in [5.74, 6) is 0.0171. The van der Waals surface area contributed by atoms with Gasteiger partial charge in [-0.2, -0.15) is 8.78 Å². The molecule has 21 heavy (non-hydrogen) atoms. The smallest absolute Gasteiger partial charge is 0.387 e. The number of ether oxygens (including phenoxy) is 1. The first-order chi connectivity index (χ1) is 9.95. The van der Waals surface area contributed by atoms with Crippen LogP contribution in [0.3, 0.4) is 0 Å². The molecule has 0 amide bonds. The Morgan fingerprint density at radius 2 is 1.95 bits per heavy atom. The van der Waals surface area contributed by atoms with Gasteiger partial charge >= 0.3 is 6.61 Å². The molecule has 0 saturated carbocycles. The molecule has 1 atom stereocenters. The standard InChI is InChI=1S/C15H12BrClF2O2/c16-11-5-4-9(13(17)8-11)7-14(20)10-2-1-3-12(6-10)21-15(18)19/h1-6,8,14-15,20H,7H2. The van der Waals surface area contributed by atoms with Crippen molar-refractivity contribution >= 4 is 27.5 Å². The third-order valence-corrected chi connectivity index (χ3v) is 3.74. The van der Waals surface area contributed by atoms with Crippen LogP contribution in [0.5, 0.6) is 5.75 Å². The number of aliphatic hydroxyl groups is 1. The molecule has 2 nitrogen and oxygen atoms in total. The summed E-state index contributed by atoms with van der Waals surface area (Å²) in [6.07, 6.45) is -0.575. The molecule has 0 aliphatic heterocycles. The SMILES string of the molecule is OC(Cc1ccc(Br)cc1Cl)c1cccc(OC(F)F)c1. The number of halogens is 4. The lowest BCUT2D eigenvalue weighted by atomic mass is 10.0. The summed E-state index contributed by atoms with van der Waals surface area (Å²) in [7, 11) is 0. The summed E-state index contributed by atoms with van der Waals surface area (Å²) in [6, 6.07) is 11.4. The van der Waals surface area contributed by atoms with Crippen LogP contribution in [-0.4, -0.2) is 11.7 Å². The van der Waals surface area contributed by atoms with E-state index in [2.05, 4.69) is 20.7 Å². The van der Waals surface area contributed by atoms with Crippen molar-refractivity contribution in [2.24, 2.45) is 0 Å². The zero-order valence-electron chi connectivity index (χ0n) is 10.8. The summed E-state index contributed by atoms with van der Waals surface area (Å²) in [6.45, 7) is -2.89. The largest absolute Gasteiger partial charge is 0.435 e. The van der Waals surface area contributed by atoms with E-state index in [1.54, 1.807) is 24.3 Å². The van der Waals surface area contributed by atoms with E-state index in [-0.39, 0.29) is 12.2 Å². The Hall–Kier alpha value is -1.17. The summed E-state index contributed by atoms with van der Waals surface area (Å²) in [4.78, 5) is 0. The summed E-state index contributed by atoms with van der Waals surface area (Å²) < 4.78 is 29.5. The summed E-state index contributed by atoms with van der Waals surface area (Å²) >= 11 is 9.40. The van der Waals surface area contributed by atoms with Crippen molar-refractivity contribution in [3.8, 4) is 5.75 Å². The highest BCUT2D eigenvalue weighted by molar-refractivity contribution is 9.10. The monoisotopic (exact) mass is 376 g/mol. The van der Waals surface area contributed by atoms with Crippen LogP contribution in [-0.2, 0) is 6.42 Å². The quantitative estimate of drug-likeness (QED) is 0.796. The van der Waals surface area contributed by atoms with E-state index in [4.69, 9.17) is 11.6 Å². The maximum Gasteiger partial charge on any atom is 0.387 e. The fourth-order valence-corrected chi connectivity index (χ4v) is 2.66. The Morgan fingerprint density at radius 3 is 2.62 bits per heavy atom. The third-order valence-electron chi connectivity index (χ3n) is 2.90. The van der Waals surface area contributed by atoms with E-state index in [9.17, 15) is 13.9 Å². The Morgan fingerprint density at radius 1 is 1.19 bits per heavy atom. The number of hydrogen-bond acceptors (Lipinski definition) is 2. The van der Waals surface area contributed by atoms with Crippen LogP contribution in [0.4, 0.5) is 8.78 Å². The molecule has 2 aromatic carbocycles. The van der Waals surface area contributed by atoms with E-state index in [0.29, 0.717) is 10.6 Å². The molecular weight excluding hydrogens is 366 g/mol. The maximum absolute atomic E-state index is 12.2. The van der Waals surface area contributed by atoms with Gasteiger partial charge in [0.2, 0.25) is 0 Å². The highest BCUT2D eigenvalue weighted by Gasteiger charge is 2.13. The van der Waals surface area contributed by atoms with Gasteiger partial charge in [0, 0.05) is 15.9 Å². The highest BCUT2D eigenvalue weighted by atomic mass is 79.9. The van der Waals surface area contributed by atoms with E-state index in [1.165, 1.54) is 12.1 Å². The van der Waals surface area contributed by atoms with E-state index < -0.39 is 12.7 Å². The topological polar surface area (TPSA) is 29.5 Å². The first kappa shape index (κ1) is 16.2. The van der Waals surface area contributed by atoms with Crippen molar-refractivity contribution in [2.45, 2.75) is 19.1 Å². The lowest BCUT2D eigenvalue weighted by Crippen LogP contribution is -2.05. The molecule has 0 radical (unpaired) electrons. The van der Waals surface area contributed by atoms with Crippen molar-refractivity contribution in [1.82, 2.24) is 0 Å². The van der Waals surface area contributed by atoms with Crippen LogP contribution in [0.25, 0.3) is 0 Å². The molecule has 0 heterocycles. The van der Waals surface area contributed by atoms with Crippen molar-refractivity contribution in [1.29, 1.82) is 0 Å². The van der Waals surface area contributed by atoms with E-state index >= 15 is 0 Å². The molecule has 0 aromatic heterocycles. The molecule has 2 aromatic rings. The van der Waals surface area contributed by atoms with Gasteiger partial charge in [0.1, 0.15) is 5.75 Å². The number of rotatable bonds is 5. The van der Waals surface area contributed by atoms with Crippen LogP contribution in [0.2, 0.25) is 5.02 Å². The fraction of sp³-hybridized carbons (Fsp3) is 0.200. The highest BCUT2D eigenvalue weighted by Crippen LogP contribution is 2.28. The second kappa shape index (κ2) is 7.20. The third kappa shape index (κ3) is 4.66. The van der Waals surface area contributed by atoms with Gasteiger partial charge in [-0.05, 0) is 35.4 Å². The number of hydrogen-bond donors (Lipinski definition) is 1. The fourth-order valence-electron chi connectivity index (χ4n) is 1.91. The van der Waals surface area contributed by atoms with Gasteiger partial charge in [-0.1, -0.05) is 45.7 Å². The van der Waals surface area contributed by atoms with Crippen LogP contribution in [0.15, 0.2) is 46.9 Å². The maximum atomic E-state index is 12.2. The van der Waals surface area contributed by atoms with Gasteiger partial charge < -0.3 is 9.84 Å². The Bertz CT molecular complexity index is 622. The van der Waals surface area contributed by atoms with Crippen molar-refractivity contribution in [2.75, 3.05) is 0 Å². The summed E-state index contributed by atoms with van der Waals surface area (Å²) in [5.41, 5.74) is 1.26. The molecule has 1 unspecified atom stereocenters. The van der Waals surface area contributed by atoms with Crippen LogP contribution in [0.1, 0.15) is 17.2 Å². The summed E-state index contributed by atoms with van der Waals surface area (Å²) in [5, 5.41) is 10.7. The van der Waals surface area contributed by atoms with Crippen molar-refractivity contribution in [3.05, 3.63) is 63.1 Å². The van der Waals surface area contributed by atoms with Gasteiger partial charge in [0.05, 0.1) is 6.10 Å². The Labute approximate surface area is 134 Å². The van der Waals surface area contributed by atoms with Gasteiger partial charge in [0.25, 0.3) is 0 Å². The van der Waals surface area contributed by atoms with Crippen LogP contribution >= 0.6 is 27.5 Å². The molecule has 0 spiro atoms. The van der Waals surface area contributed by atoms with Crippen LogP contribution < -0.4 is 4.74 Å². The minimum atomic E-state index is -2.89. The second-order valence-corrected chi connectivity index (χ2v) is 5.73. The zero-order valence-corrected chi connectivity index (χ0v) is 13.1.